The van der Waals surface area contributed by atoms with Crippen molar-refractivity contribution in [3.05, 3.63) is 0 Å². The lowest BCUT2D eigenvalue weighted by molar-refractivity contribution is -0.132. The maximum atomic E-state index is 12.0. The van der Waals surface area contributed by atoms with E-state index in [0.717, 1.165) is 52.1 Å². The lowest BCUT2D eigenvalue weighted by Gasteiger charge is -2.32. The summed E-state index contributed by atoms with van der Waals surface area (Å²) < 4.78 is 0. The number of hydrogen-bond donors (Lipinski definition) is 1. The fourth-order valence-corrected chi connectivity index (χ4v) is 2.70. The van der Waals surface area contributed by atoms with Gasteiger partial charge in [0.15, 0.2) is 0 Å². The van der Waals surface area contributed by atoms with Crippen LogP contribution >= 0.6 is 0 Å². The first-order chi connectivity index (χ1) is 9.66. The molecule has 0 bridgehead atoms. The maximum Gasteiger partial charge on any atom is 0.236 e. The molecule has 20 heavy (non-hydrogen) atoms. The first-order valence-electron chi connectivity index (χ1n) is 7.61. The molecule has 2 heterocycles. The molecule has 0 aromatic carbocycles. The number of carbonyl (C=O) groups excluding carboxylic acids is 2. The van der Waals surface area contributed by atoms with Gasteiger partial charge in [-0.15, -0.1) is 0 Å². The van der Waals surface area contributed by atoms with E-state index in [4.69, 9.17) is 0 Å². The van der Waals surface area contributed by atoms with E-state index in [9.17, 15) is 9.59 Å². The van der Waals surface area contributed by atoms with Gasteiger partial charge >= 0.3 is 0 Å². The average Bonchev–Trinajstić information content (AvgIpc) is 2.48. The van der Waals surface area contributed by atoms with Gasteiger partial charge in [-0.1, -0.05) is 0 Å². The number of hydrogen-bond acceptors (Lipinski definition) is 4. The van der Waals surface area contributed by atoms with Crippen molar-refractivity contribution in [1.82, 2.24) is 20.0 Å². The summed E-state index contributed by atoms with van der Waals surface area (Å²) in [6.07, 6.45) is 3.43. The van der Waals surface area contributed by atoms with Crippen molar-refractivity contribution >= 4 is 11.8 Å². The number of nitrogens with zero attached hydrogens (tertiary/aromatic N) is 3. The second kappa shape index (κ2) is 7.59. The van der Waals surface area contributed by atoms with Crippen LogP contribution in [0.15, 0.2) is 0 Å². The van der Waals surface area contributed by atoms with E-state index in [0.29, 0.717) is 0 Å². The Hall–Kier alpha value is -1.14. The summed E-state index contributed by atoms with van der Waals surface area (Å²) in [5.41, 5.74) is 0. The summed E-state index contributed by atoms with van der Waals surface area (Å²) in [6.45, 7) is 5.72. The number of piperidine rings is 1. The highest BCUT2D eigenvalue weighted by Gasteiger charge is 2.20. The van der Waals surface area contributed by atoms with Crippen LogP contribution in [0.25, 0.3) is 0 Å². The van der Waals surface area contributed by atoms with Crippen molar-refractivity contribution in [3.63, 3.8) is 0 Å². The molecule has 114 valence electrons. The largest absolute Gasteiger partial charge is 0.342 e. The van der Waals surface area contributed by atoms with Gasteiger partial charge in [0.05, 0.1) is 13.1 Å². The van der Waals surface area contributed by atoms with Crippen molar-refractivity contribution in [2.45, 2.75) is 19.3 Å². The molecule has 2 aliphatic heterocycles. The predicted octanol–water partition coefficient (Wildman–Crippen LogP) is -0.637. The van der Waals surface area contributed by atoms with E-state index < -0.39 is 0 Å². The normalized spacial score (nSPS) is 21.1. The topological polar surface area (TPSA) is 55.9 Å². The van der Waals surface area contributed by atoms with Gasteiger partial charge in [-0.25, -0.2) is 0 Å². The van der Waals surface area contributed by atoms with Gasteiger partial charge in [0.2, 0.25) is 11.8 Å². The summed E-state index contributed by atoms with van der Waals surface area (Å²) in [4.78, 5) is 29.9. The van der Waals surface area contributed by atoms with Crippen molar-refractivity contribution in [2.75, 3.05) is 59.4 Å². The molecular weight excluding hydrogens is 256 g/mol. The highest BCUT2D eigenvalue weighted by atomic mass is 16.2. The van der Waals surface area contributed by atoms with Crippen molar-refractivity contribution < 1.29 is 9.59 Å². The third kappa shape index (κ3) is 4.45. The minimum atomic E-state index is 0.101. The van der Waals surface area contributed by atoms with E-state index in [2.05, 4.69) is 17.3 Å². The van der Waals surface area contributed by atoms with Crippen LogP contribution in [0.5, 0.6) is 0 Å². The Morgan fingerprint density at radius 3 is 1.85 bits per heavy atom. The van der Waals surface area contributed by atoms with E-state index in [1.807, 2.05) is 9.80 Å². The number of amides is 2. The van der Waals surface area contributed by atoms with Gasteiger partial charge in [-0.2, -0.15) is 0 Å². The van der Waals surface area contributed by atoms with E-state index in [1.54, 1.807) is 0 Å². The number of likely N-dealkylation sites (tertiary alicyclic amines) is 1. The molecule has 2 aliphatic rings. The standard InChI is InChI=1S/C14H26N4O2/c1-16-7-9-18(10-8-16)14(20)12-15-11-13(19)17-5-3-2-4-6-17/h15H,2-12H2,1H3. The van der Waals surface area contributed by atoms with Gasteiger partial charge in [-0.05, 0) is 26.3 Å². The molecule has 6 heteroatoms. The second-order valence-electron chi connectivity index (χ2n) is 5.73. The van der Waals surface area contributed by atoms with Crippen LogP contribution in [0, 0.1) is 0 Å². The molecule has 2 fully saturated rings. The average molecular weight is 282 g/mol. The van der Waals surface area contributed by atoms with Crippen LogP contribution in [-0.4, -0.2) is 85.9 Å². The van der Waals surface area contributed by atoms with Gasteiger partial charge < -0.3 is 14.7 Å². The number of likely N-dealkylation sites (N-methyl/N-ethyl adjacent to an activating group) is 1. The first-order valence-corrected chi connectivity index (χ1v) is 7.61. The Morgan fingerprint density at radius 1 is 0.800 bits per heavy atom. The van der Waals surface area contributed by atoms with Crippen LogP contribution in [0.3, 0.4) is 0 Å². The lowest BCUT2D eigenvalue weighted by Crippen LogP contribution is -2.50. The SMILES string of the molecule is CN1CCN(C(=O)CNCC(=O)N2CCCCC2)CC1. The molecule has 2 rings (SSSR count). The Balaban J connectivity index is 1.62. The maximum absolute atomic E-state index is 12.0. The lowest BCUT2D eigenvalue weighted by atomic mass is 10.1. The fraction of sp³-hybridized carbons (Fsp3) is 0.857. The Morgan fingerprint density at radius 2 is 1.30 bits per heavy atom. The number of rotatable bonds is 4. The molecule has 1 N–H and O–H groups in total. The third-order valence-electron chi connectivity index (χ3n) is 4.12. The van der Waals surface area contributed by atoms with Crippen molar-refractivity contribution in [2.24, 2.45) is 0 Å². The highest BCUT2D eigenvalue weighted by Crippen LogP contribution is 2.08. The van der Waals surface area contributed by atoms with Crippen LogP contribution < -0.4 is 5.32 Å². The Kier molecular flexibility index (Phi) is 5.79. The minimum absolute atomic E-state index is 0.101. The summed E-state index contributed by atoms with van der Waals surface area (Å²) in [6, 6.07) is 0. The Bertz CT molecular complexity index is 334. The summed E-state index contributed by atoms with van der Waals surface area (Å²) >= 11 is 0. The molecule has 2 saturated heterocycles. The zero-order valence-electron chi connectivity index (χ0n) is 12.4. The molecule has 0 aromatic rings. The van der Waals surface area contributed by atoms with Crippen LogP contribution in [0.4, 0.5) is 0 Å². The van der Waals surface area contributed by atoms with Gasteiger partial charge in [-0.3, -0.25) is 14.9 Å². The third-order valence-corrected chi connectivity index (χ3v) is 4.12. The molecule has 2 amide bonds. The summed E-state index contributed by atoms with van der Waals surface area (Å²) in [7, 11) is 2.07. The van der Waals surface area contributed by atoms with Gasteiger partial charge in [0.25, 0.3) is 0 Å². The number of nitrogens with one attached hydrogen (secondary N) is 1. The molecule has 0 aliphatic carbocycles. The first kappa shape index (κ1) is 15.3. The highest BCUT2D eigenvalue weighted by molar-refractivity contribution is 5.81. The van der Waals surface area contributed by atoms with E-state index in [-0.39, 0.29) is 24.9 Å². The quantitative estimate of drug-likeness (QED) is 0.745. The smallest absolute Gasteiger partial charge is 0.236 e. The zero-order chi connectivity index (χ0) is 14.4. The fourth-order valence-electron chi connectivity index (χ4n) is 2.70. The van der Waals surface area contributed by atoms with Gasteiger partial charge in [0, 0.05) is 39.3 Å². The monoisotopic (exact) mass is 282 g/mol. The molecular formula is C14H26N4O2. The van der Waals surface area contributed by atoms with E-state index >= 15 is 0 Å². The number of piperazine rings is 1. The van der Waals surface area contributed by atoms with E-state index in [1.165, 1.54) is 6.42 Å². The molecule has 0 saturated carbocycles. The summed E-state index contributed by atoms with van der Waals surface area (Å²) in [5, 5.41) is 2.99. The van der Waals surface area contributed by atoms with Crippen LogP contribution in [0.1, 0.15) is 19.3 Å². The van der Waals surface area contributed by atoms with Crippen molar-refractivity contribution in [1.29, 1.82) is 0 Å². The molecule has 0 unspecified atom stereocenters. The van der Waals surface area contributed by atoms with Crippen molar-refractivity contribution in [3.8, 4) is 0 Å². The van der Waals surface area contributed by atoms with Crippen LogP contribution in [-0.2, 0) is 9.59 Å². The molecule has 0 atom stereocenters. The zero-order valence-corrected chi connectivity index (χ0v) is 12.4. The molecule has 0 aromatic heterocycles. The molecule has 0 spiro atoms. The minimum Gasteiger partial charge on any atom is -0.342 e. The number of carbonyl (C=O) groups is 2. The van der Waals surface area contributed by atoms with Crippen LogP contribution in [0.2, 0.25) is 0 Å². The second-order valence-corrected chi connectivity index (χ2v) is 5.73. The Labute approximate surface area is 121 Å². The predicted molar refractivity (Wildman–Crippen MR) is 77.4 cm³/mol. The van der Waals surface area contributed by atoms with Gasteiger partial charge in [0.1, 0.15) is 0 Å². The summed E-state index contributed by atoms with van der Waals surface area (Å²) in [5.74, 6) is 0.223. The molecule has 6 nitrogen and oxygen atoms in total. The molecule has 0 radical (unpaired) electrons.